The van der Waals surface area contributed by atoms with Crippen LogP contribution >= 0.6 is 0 Å². The van der Waals surface area contributed by atoms with E-state index in [4.69, 9.17) is 4.74 Å². The second kappa shape index (κ2) is 7.53. The van der Waals surface area contributed by atoms with E-state index in [9.17, 15) is 9.59 Å². The molecule has 2 amide bonds. The lowest BCUT2D eigenvalue weighted by atomic mass is 10.2. The Morgan fingerprint density at radius 2 is 1.95 bits per heavy atom. The molecule has 0 fully saturated rings. The molecule has 0 spiro atoms. The van der Waals surface area contributed by atoms with Crippen LogP contribution in [-0.2, 0) is 20.9 Å². The molecule has 0 aliphatic heterocycles. The first-order chi connectivity index (χ1) is 9.06. The van der Waals surface area contributed by atoms with E-state index in [0.29, 0.717) is 6.54 Å². The maximum Gasteiger partial charge on any atom is 0.245 e. The Hall–Kier alpha value is -1.88. The van der Waals surface area contributed by atoms with Gasteiger partial charge in [-0.3, -0.25) is 9.59 Å². The summed E-state index contributed by atoms with van der Waals surface area (Å²) < 4.78 is 4.99. The van der Waals surface area contributed by atoms with Crippen molar-refractivity contribution in [2.75, 3.05) is 20.8 Å². The molecule has 0 aliphatic carbocycles. The second-order valence-electron chi connectivity index (χ2n) is 4.30. The van der Waals surface area contributed by atoms with Gasteiger partial charge in [0.1, 0.15) is 6.04 Å². The first-order valence-corrected chi connectivity index (χ1v) is 6.10. The van der Waals surface area contributed by atoms with Crippen LogP contribution in [0.5, 0.6) is 0 Å². The topological polar surface area (TPSA) is 58.6 Å². The van der Waals surface area contributed by atoms with Gasteiger partial charge in [0, 0.05) is 27.6 Å². The summed E-state index contributed by atoms with van der Waals surface area (Å²) in [4.78, 5) is 24.8. The third-order valence-corrected chi connectivity index (χ3v) is 2.90. The Labute approximate surface area is 113 Å². The van der Waals surface area contributed by atoms with Gasteiger partial charge in [0.2, 0.25) is 11.8 Å². The average molecular weight is 264 g/mol. The lowest BCUT2D eigenvalue weighted by Crippen LogP contribution is -2.49. The molecule has 0 radical (unpaired) electrons. The maximum atomic E-state index is 12.1. The van der Waals surface area contributed by atoms with Gasteiger partial charge in [-0.25, -0.2) is 0 Å². The summed E-state index contributed by atoms with van der Waals surface area (Å²) in [5, 5.41) is 2.81. The number of carbonyl (C=O) groups is 2. The fraction of sp³-hybridized carbons (Fsp3) is 0.429. The van der Waals surface area contributed by atoms with Gasteiger partial charge in [-0.1, -0.05) is 30.3 Å². The molecule has 0 aliphatic rings. The largest absolute Gasteiger partial charge is 0.382 e. The number of amides is 2. The van der Waals surface area contributed by atoms with Crippen molar-refractivity contribution in [1.29, 1.82) is 0 Å². The molecular formula is C14H20N2O3. The number of rotatable bonds is 6. The summed E-state index contributed by atoms with van der Waals surface area (Å²) in [5.74, 6) is -0.389. The zero-order valence-electron chi connectivity index (χ0n) is 11.6. The zero-order valence-corrected chi connectivity index (χ0v) is 11.6. The Kier molecular flexibility index (Phi) is 6.02. The molecule has 1 aromatic rings. The van der Waals surface area contributed by atoms with Crippen molar-refractivity contribution in [2.24, 2.45) is 0 Å². The number of methoxy groups -OCH3 is 1. The van der Waals surface area contributed by atoms with Gasteiger partial charge in [0.25, 0.3) is 0 Å². The fourth-order valence-electron chi connectivity index (χ4n) is 1.64. The fourth-order valence-corrected chi connectivity index (χ4v) is 1.64. The minimum atomic E-state index is -0.605. The number of likely N-dealkylation sites (N-methyl/N-ethyl adjacent to an activating group) is 1. The molecule has 1 aromatic carbocycles. The van der Waals surface area contributed by atoms with E-state index >= 15 is 0 Å². The first kappa shape index (κ1) is 15.2. The van der Waals surface area contributed by atoms with Crippen molar-refractivity contribution in [3.05, 3.63) is 35.9 Å². The molecule has 0 bridgehead atoms. The molecule has 0 saturated heterocycles. The van der Waals surface area contributed by atoms with E-state index < -0.39 is 6.04 Å². The molecular weight excluding hydrogens is 244 g/mol. The molecule has 19 heavy (non-hydrogen) atoms. The minimum Gasteiger partial charge on any atom is -0.382 e. The van der Waals surface area contributed by atoms with Gasteiger partial charge in [0.15, 0.2) is 0 Å². The maximum absolute atomic E-state index is 12.1. The molecule has 1 rings (SSSR count). The zero-order chi connectivity index (χ0) is 14.3. The number of carbonyl (C=O) groups excluding carboxylic acids is 2. The van der Waals surface area contributed by atoms with Gasteiger partial charge < -0.3 is 15.0 Å². The third kappa shape index (κ3) is 4.71. The predicted molar refractivity (Wildman–Crippen MR) is 72.4 cm³/mol. The summed E-state index contributed by atoms with van der Waals surface area (Å²) in [6.07, 6.45) is 0. The van der Waals surface area contributed by atoms with Crippen molar-refractivity contribution in [3.8, 4) is 0 Å². The molecule has 0 saturated carbocycles. The monoisotopic (exact) mass is 264 g/mol. The Morgan fingerprint density at radius 1 is 1.32 bits per heavy atom. The SMILES string of the molecule is COC[C@H](C(=O)NCc1ccccc1)N(C)C(C)=O. The molecule has 0 unspecified atom stereocenters. The molecule has 1 N–H and O–H groups in total. The number of nitrogens with zero attached hydrogens (tertiary/aromatic N) is 1. The van der Waals surface area contributed by atoms with Crippen LogP contribution < -0.4 is 5.32 Å². The highest BCUT2D eigenvalue weighted by molar-refractivity contribution is 5.86. The van der Waals surface area contributed by atoms with E-state index in [0.717, 1.165) is 5.56 Å². The molecule has 0 heterocycles. The first-order valence-electron chi connectivity index (χ1n) is 6.10. The van der Waals surface area contributed by atoms with Gasteiger partial charge in [-0.05, 0) is 5.56 Å². The van der Waals surface area contributed by atoms with Crippen LogP contribution in [0.25, 0.3) is 0 Å². The van der Waals surface area contributed by atoms with Crippen LogP contribution in [0.2, 0.25) is 0 Å². The normalized spacial score (nSPS) is 11.7. The summed E-state index contributed by atoms with van der Waals surface area (Å²) in [6, 6.07) is 9.00. The minimum absolute atomic E-state index is 0.170. The van der Waals surface area contributed by atoms with Crippen molar-refractivity contribution in [1.82, 2.24) is 10.2 Å². The number of benzene rings is 1. The summed E-state index contributed by atoms with van der Waals surface area (Å²) in [5.41, 5.74) is 1.01. The Bertz CT molecular complexity index is 420. The van der Waals surface area contributed by atoms with E-state index in [1.165, 1.54) is 18.9 Å². The Morgan fingerprint density at radius 3 is 2.47 bits per heavy atom. The summed E-state index contributed by atoms with van der Waals surface area (Å²) in [7, 11) is 3.10. The van der Waals surface area contributed by atoms with Crippen LogP contribution in [0, 0.1) is 0 Å². The highest BCUT2D eigenvalue weighted by Gasteiger charge is 2.24. The number of ether oxygens (including phenoxy) is 1. The van der Waals surface area contributed by atoms with E-state index in [1.807, 2.05) is 30.3 Å². The highest BCUT2D eigenvalue weighted by Crippen LogP contribution is 2.01. The van der Waals surface area contributed by atoms with Crippen LogP contribution in [-0.4, -0.2) is 43.5 Å². The summed E-state index contributed by atoms with van der Waals surface area (Å²) in [6.45, 7) is 2.04. The molecule has 1 atom stereocenters. The smallest absolute Gasteiger partial charge is 0.245 e. The second-order valence-corrected chi connectivity index (χ2v) is 4.30. The van der Waals surface area contributed by atoms with Gasteiger partial charge in [-0.15, -0.1) is 0 Å². The molecule has 5 heteroatoms. The van der Waals surface area contributed by atoms with Crippen molar-refractivity contribution < 1.29 is 14.3 Å². The molecule has 0 aromatic heterocycles. The van der Waals surface area contributed by atoms with Crippen molar-refractivity contribution in [3.63, 3.8) is 0 Å². The van der Waals surface area contributed by atoms with Crippen LogP contribution in [0.3, 0.4) is 0 Å². The quantitative estimate of drug-likeness (QED) is 0.826. The van der Waals surface area contributed by atoms with E-state index in [-0.39, 0.29) is 18.4 Å². The molecule has 104 valence electrons. The third-order valence-electron chi connectivity index (χ3n) is 2.90. The summed E-state index contributed by atoms with van der Waals surface area (Å²) >= 11 is 0. The van der Waals surface area contributed by atoms with Crippen molar-refractivity contribution in [2.45, 2.75) is 19.5 Å². The average Bonchev–Trinajstić information content (AvgIpc) is 2.42. The lowest BCUT2D eigenvalue weighted by Gasteiger charge is -2.25. The predicted octanol–water partition coefficient (Wildman–Crippen LogP) is 0.796. The van der Waals surface area contributed by atoms with Crippen molar-refractivity contribution >= 4 is 11.8 Å². The van der Waals surface area contributed by atoms with Gasteiger partial charge in [-0.2, -0.15) is 0 Å². The van der Waals surface area contributed by atoms with Gasteiger partial charge in [0.05, 0.1) is 6.61 Å². The Balaban J connectivity index is 2.60. The highest BCUT2D eigenvalue weighted by atomic mass is 16.5. The standard InChI is InChI=1S/C14H20N2O3/c1-11(17)16(2)13(10-19-3)14(18)15-9-12-7-5-4-6-8-12/h4-8,13H,9-10H2,1-3H3,(H,15,18)/t13-/m1/s1. The van der Waals surface area contributed by atoms with E-state index in [1.54, 1.807) is 7.05 Å². The van der Waals surface area contributed by atoms with Crippen LogP contribution in [0.4, 0.5) is 0 Å². The number of hydrogen-bond acceptors (Lipinski definition) is 3. The van der Waals surface area contributed by atoms with E-state index in [2.05, 4.69) is 5.32 Å². The van der Waals surface area contributed by atoms with Gasteiger partial charge >= 0.3 is 0 Å². The van der Waals surface area contributed by atoms with Crippen LogP contribution in [0.1, 0.15) is 12.5 Å². The van der Waals surface area contributed by atoms with Crippen LogP contribution in [0.15, 0.2) is 30.3 Å². The molecule has 5 nitrogen and oxygen atoms in total. The number of nitrogens with one attached hydrogen (secondary N) is 1. The number of hydrogen-bond donors (Lipinski definition) is 1. The lowest BCUT2D eigenvalue weighted by molar-refractivity contribution is -0.139.